The van der Waals surface area contributed by atoms with Crippen molar-refractivity contribution in [2.24, 2.45) is 5.73 Å². The average Bonchev–Trinajstić information content (AvgIpc) is 2.77. The molecule has 5 nitrogen and oxygen atoms in total. The highest BCUT2D eigenvalue weighted by Crippen LogP contribution is 2.23. The Kier molecular flexibility index (Phi) is 4.68. The Bertz CT molecular complexity index is 567. The van der Waals surface area contributed by atoms with Crippen LogP contribution in [0.5, 0.6) is 5.75 Å². The fourth-order valence-corrected chi connectivity index (χ4v) is 2.55. The van der Waals surface area contributed by atoms with E-state index in [1.807, 2.05) is 25.1 Å². The van der Waals surface area contributed by atoms with Crippen LogP contribution in [0.1, 0.15) is 19.8 Å². The summed E-state index contributed by atoms with van der Waals surface area (Å²) in [6, 6.07) is 5.85. The molecule has 0 saturated heterocycles. The first-order chi connectivity index (χ1) is 9.19. The summed E-state index contributed by atoms with van der Waals surface area (Å²) in [6.45, 7) is 2.62. The Morgan fingerprint density at radius 3 is 3.11 bits per heavy atom. The van der Waals surface area contributed by atoms with Gasteiger partial charge in [0.15, 0.2) is 5.16 Å². The van der Waals surface area contributed by atoms with Crippen molar-refractivity contribution in [3.8, 4) is 5.75 Å². The number of hydrogen-bond acceptors (Lipinski definition) is 4. The van der Waals surface area contributed by atoms with E-state index in [1.54, 1.807) is 11.8 Å². The van der Waals surface area contributed by atoms with Gasteiger partial charge in [0, 0.05) is 18.2 Å². The van der Waals surface area contributed by atoms with Crippen LogP contribution in [0.4, 0.5) is 0 Å². The van der Waals surface area contributed by atoms with Gasteiger partial charge in [-0.2, -0.15) is 0 Å². The minimum Gasteiger partial charge on any atom is -0.494 e. The van der Waals surface area contributed by atoms with Crippen LogP contribution >= 0.6 is 11.8 Å². The number of amidine groups is 1. The molecule has 2 aromatic rings. The van der Waals surface area contributed by atoms with E-state index < -0.39 is 0 Å². The standard InChI is InChI=1S/C13H18N4OS/c1-2-18-9-5-6-10-11(8-9)17-13(16-10)19-7-3-4-12(14)15/h5-6,8H,2-4,7H2,1H3,(H3,14,15)(H,16,17). The minimum absolute atomic E-state index is 0.242. The van der Waals surface area contributed by atoms with Gasteiger partial charge in [-0.05, 0) is 25.5 Å². The van der Waals surface area contributed by atoms with Gasteiger partial charge in [-0.1, -0.05) is 11.8 Å². The largest absolute Gasteiger partial charge is 0.494 e. The second kappa shape index (κ2) is 6.47. The molecule has 2 rings (SSSR count). The first kappa shape index (κ1) is 13.7. The normalized spacial score (nSPS) is 10.8. The first-order valence-electron chi connectivity index (χ1n) is 6.27. The molecule has 0 fully saturated rings. The zero-order valence-electron chi connectivity index (χ0n) is 10.9. The zero-order valence-corrected chi connectivity index (χ0v) is 11.7. The predicted molar refractivity (Wildman–Crippen MR) is 79.1 cm³/mol. The third-order valence-electron chi connectivity index (χ3n) is 2.57. The van der Waals surface area contributed by atoms with E-state index in [9.17, 15) is 0 Å². The van der Waals surface area contributed by atoms with Crippen LogP contribution in [0.2, 0.25) is 0 Å². The Morgan fingerprint density at radius 1 is 1.53 bits per heavy atom. The number of ether oxygens (including phenoxy) is 1. The summed E-state index contributed by atoms with van der Waals surface area (Å²) in [5.41, 5.74) is 7.24. The van der Waals surface area contributed by atoms with E-state index in [4.69, 9.17) is 15.9 Å². The molecule has 102 valence electrons. The minimum atomic E-state index is 0.242. The molecule has 0 aliphatic heterocycles. The number of aromatic amines is 1. The van der Waals surface area contributed by atoms with Crippen LogP contribution in [-0.2, 0) is 0 Å². The maximum Gasteiger partial charge on any atom is 0.166 e. The summed E-state index contributed by atoms with van der Waals surface area (Å²) in [5.74, 6) is 2.00. The quantitative estimate of drug-likeness (QED) is 0.314. The van der Waals surface area contributed by atoms with Crippen LogP contribution in [0.15, 0.2) is 23.4 Å². The number of nitrogens with one attached hydrogen (secondary N) is 2. The SMILES string of the molecule is CCOc1ccc2nc(SCCCC(=N)N)[nH]c2c1. The molecule has 0 aliphatic carbocycles. The summed E-state index contributed by atoms with van der Waals surface area (Å²) in [4.78, 5) is 7.77. The summed E-state index contributed by atoms with van der Waals surface area (Å²) in [6.07, 6.45) is 1.53. The first-order valence-corrected chi connectivity index (χ1v) is 7.26. The van der Waals surface area contributed by atoms with Crippen molar-refractivity contribution in [2.75, 3.05) is 12.4 Å². The molecule has 19 heavy (non-hydrogen) atoms. The Balaban J connectivity index is 1.98. The van der Waals surface area contributed by atoms with Gasteiger partial charge in [0.25, 0.3) is 0 Å². The number of H-pyrrole nitrogens is 1. The average molecular weight is 278 g/mol. The molecular weight excluding hydrogens is 260 g/mol. The van der Waals surface area contributed by atoms with Crippen molar-refractivity contribution in [2.45, 2.75) is 24.9 Å². The second-order valence-electron chi connectivity index (χ2n) is 4.13. The summed E-state index contributed by atoms with van der Waals surface area (Å²) >= 11 is 1.65. The van der Waals surface area contributed by atoms with E-state index in [2.05, 4.69) is 9.97 Å². The van der Waals surface area contributed by atoms with Gasteiger partial charge in [0.2, 0.25) is 0 Å². The molecule has 4 N–H and O–H groups in total. The van der Waals surface area contributed by atoms with Gasteiger partial charge >= 0.3 is 0 Å². The number of rotatable bonds is 7. The molecule has 0 amide bonds. The van der Waals surface area contributed by atoms with Gasteiger partial charge in [0.1, 0.15) is 5.75 Å². The number of nitrogens with two attached hydrogens (primary N) is 1. The van der Waals surface area contributed by atoms with Crippen LogP contribution in [0.3, 0.4) is 0 Å². The van der Waals surface area contributed by atoms with Gasteiger partial charge in [-0.25, -0.2) is 4.98 Å². The number of nitrogens with zero attached hydrogens (tertiary/aromatic N) is 1. The Morgan fingerprint density at radius 2 is 2.37 bits per heavy atom. The lowest BCUT2D eigenvalue weighted by Gasteiger charge is -2.00. The molecule has 0 aliphatic rings. The van der Waals surface area contributed by atoms with E-state index in [-0.39, 0.29) is 5.84 Å². The highest BCUT2D eigenvalue weighted by molar-refractivity contribution is 7.99. The van der Waals surface area contributed by atoms with Gasteiger partial charge in [-0.15, -0.1) is 0 Å². The Hall–Kier alpha value is -1.69. The molecule has 0 saturated carbocycles. The Labute approximate surface area is 116 Å². The maximum atomic E-state index is 7.16. The third kappa shape index (κ3) is 3.89. The summed E-state index contributed by atoms with van der Waals surface area (Å²) in [7, 11) is 0. The monoisotopic (exact) mass is 278 g/mol. The van der Waals surface area contributed by atoms with Crippen molar-refractivity contribution >= 4 is 28.6 Å². The molecule has 0 atom stereocenters. The fourth-order valence-electron chi connectivity index (χ4n) is 1.72. The highest BCUT2D eigenvalue weighted by atomic mass is 32.2. The van der Waals surface area contributed by atoms with Crippen LogP contribution in [-0.4, -0.2) is 28.2 Å². The molecule has 6 heteroatoms. The molecular formula is C13H18N4OS. The van der Waals surface area contributed by atoms with Gasteiger partial charge in [0.05, 0.1) is 23.5 Å². The molecule has 0 unspecified atom stereocenters. The third-order valence-corrected chi connectivity index (χ3v) is 3.53. The van der Waals surface area contributed by atoms with Crippen molar-refractivity contribution in [1.29, 1.82) is 5.41 Å². The van der Waals surface area contributed by atoms with E-state index in [1.165, 1.54) is 0 Å². The lowest BCUT2D eigenvalue weighted by Crippen LogP contribution is -2.08. The van der Waals surface area contributed by atoms with Crippen molar-refractivity contribution in [3.05, 3.63) is 18.2 Å². The molecule has 1 heterocycles. The van der Waals surface area contributed by atoms with E-state index >= 15 is 0 Å². The number of fused-ring (bicyclic) bond motifs is 1. The van der Waals surface area contributed by atoms with Crippen LogP contribution < -0.4 is 10.5 Å². The number of thioether (sulfide) groups is 1. The molecule has 1 aromatic carbocycles. The molecule has 0 radical (unpaired) electrons. The fraction of sp³-hybridized carbons (Fsp3) is 0.385. The number of hydrogen-bond donors (Lipinski definition) is 3. The lowest BCUT2D eigenvalue weighted by atomic mass is 10.3. The lowest BCUT2D eigenvalue weighted by molar-refractivity contribution is 0.340. The number of imidazole rings is 1. The number of benzene rings is 1. The second-order valence-corrected chi connectivity index (χ2v) is 5.21. The van der Waals surface area contributed by atoms with E-state index in [0.29, 0.717) is 13.0 Å². The molecule has 0 spiro atoms. The van der Waals surface area contributed by atoms with Gasteiger partial charge in [-0.3, -0.25) is 5.41 Å². The smallest absolute Gasteiger partial charge is 0.166 e. The molecule has 1 aromatic heterocycles. The van der Waals surface area contributed by atoms with Crippen molar-refractivity contribution < 1.29 is 4.74 Å². The zero-order chi connectivity index (χ0) is 13.7. The predicted octanol–water partition coefficient (Wildman–Crippen LogP) is 2.77. The van der Waals surface area contributed by atoms with Gasteiger partial charge < -0.3 is 15.5 Å². The van der Waals surface area contributed by atoms with Crippen molar-refractivity contribution in [3.63, 3.8) is 0 Å². The molecule has 0 bridgehead atoms. The number of aromatic nitrogens is 2. The van der Waals surface area contributed by atoms with Crippen LogP contribution in [0, 0.1) is 5.41 Å². The van der Waals surface area contributed by atoms with E-state index in [0.717, 1.165) is 34.1 Å². The summed E-state index contributed by atoms with van der Waals surface area (Å²) in [5, 5.41) is 8.06. The van der Waals surface area contributed by atoms with Crippen LogP contribution in [0.25, 0.3) is 11.0 Å². The summed E-state index contributed by atoms with van der Waals surface area (Å²) < 4.78 is 5.46. The maximum absolute atomic E-state index is 7.16. The highest BCUT2D eigenvalue weighted by Gasteiger charge is 2.04. The van der Waals surface area contributed by atoms with Crippen molar-refractivity contribution in [1.82, 2.24) is 9.97 Å². The topological polar surface area (TPSA) is 87.8 Å².